The molecular formula is C21H19ClN4O5S. The van der Waals surface area contributed by atoms with E-state index in [1.165, 1.54) is 40.8 Å². The van der Waals surface area contributed by atoms with Crippen LogP contribution in [0.3, 0.4) is 0 Å². The number of amides is 2. The number of fused-ring (bicyclic) bond motifs is 1. The van der Waals surface area contributed by atoms with Gasteiger partial charge in [0, 0.05) is 40.8 Å². The number of sulfonamides is 1. The van der Waals surface area contributed by atoms with Crippen LogP contribution in [0.4, 0.5) is 0 Å². The fourth-order valence-corrected chi connectivity index (χ4v) is 5.22. The summed E-state index contributed by atoms with van der Waals surface area (Å²) in [4.78, 5) is 40.4. The first kappa shape index (κ1) is 22.0. The summed E-state index contributed by atoms with van der Waals surface area (Å²) < 4.78 is 26.8. The molecule has 1 aliphatic rings. The minimum Gasteiger partial charge on any atom is -0.360 e. The van der Waals surface area contributed by atoms with E-state index in [0.717, 1.165) is 12.8 Å². The van der Waals surface area contributed by atoms with Gasteiger partial charge in [0.25, 0.3) is 11.8 Å². The van der Waals surface area contributed by atoms with Gasteiger partial charge in [0.15, 0.2) is 0 Å². The van der Waals surface area contributed by atoms with Crippen molar-refractivity contribution in [2.75, 3.05) is 13.1 Å². The quantitative estimate of drug-likeness (QED) is 0.498. The van der Waals surface area contributed by atoms with Gasteiger partial charge < -0.3 is 4.98 Å². The zero-order chi connectivity index (χ0) is 22.9. The molecule has 32 heavy (non-hydrogen) atoms. The van der Waals surface area contributed by atoms with E-state index in [-0.39, 0.29) is 21.4 Å². The van der Waals surface area contributed by atoms with Gasteiger partial charge in [0.05, 0.1) is 4.90 Å². The Morgan fingerprint density at radius 1 is 1.00 bits per heavy atom. The number of aromatic amines is 1. The zero-order valence-corrected chi connectivity index (χ0v) is 18.3. The molecule has 3 aromatic rings. The third kappa shape index (κ3) is 4.24. The number of hydrogen-bond acceptors (Lipinski definition) is 5. The molecule has 9 nitrogen and oxygen atoms in total. The van der Waals surface area contributed by atoms with Crippen molar-refractivity contribution < 1.29 is 18.0 Å². The van der Waals surface area contributed by atoms with Crippen molar-refractivity contribution >= 4 is 44.3 Å². The van der Waals surface area contributed by atoms with E-state index < -0.39 is 27.3 Å². The second kappa shape index (κ2) is 8.73. The summed E-state index contributed by atoms with van der Waals surface area (Å²) in [6.45, 7) is 0.890. The van der Waals surface area contributed by atoms with Crippen LogP contribution in [-0.4, -0.2) is 42.6 Å². The topological polar surface area (TPSA) is 128 Å². The van der Waals surface area contributed by atoms with Crippen LogP contribution in [0.5, 0.6) is 0 Å². The Bertz CT molecular complexity index is 1380. The SMILES string of the molecule is O=C(NNC(=O)c1c[nH]c2ccc(Cl)cc2c1=O)c1cccc(S(=O)(=O)N2CCCC2)c1. The van der Waals surface area contributed by atoms with Gasteiger partial charge >= 0.3 is 0 Å². The van der Waals surface area contributed by atoms with Gasteiger partial charge in [-0.15, -0.1) is 0 Å². The van der Waals surface area contributed by atoms with Crippen LogP contribution < -0.4 is 16.3 Å². The average molecular weight is 475 g/mol. The molecule has 0 atom stereocenters. The molecule has 0 bridgehead atoms. The molecule has 11 heteroatoms. The number of nitrogens with one attached hydrogen (secondary N) is 3. The van der Waals surface area contributed by atoms with Crippen LogP contribution in [0.1, 0.15) is 33.6 Å². The second-order valence-corrected chi connectivity index (χ2v) is 9.64. The molecule has 1 saturated heterocycles. The molecule has 166 valence electrons. The Morgan fingerprint density at radius 2 is 1.72 bits per heavy atom. The second-order valence-electron chi connectivity index (χ2n) is 7.27. The molecule has 0 aliphatic carbocycles. The Balaban J connectivity index is 1.50. The number of nitrogens with zero attached hydrogens (tertiary/aromatic N) is 1. The number of pyridine rings is 1. The third-order valence-corrected chi connectivity index (χ3v) is 7.31. The molecule has 1 aromatic heterocycles. The molecule has 0 radical (unpaired) electrons. The Kier molecular flexibility index (Phi) is 6.00. The summed E-state index contributed by atoms with van der Waals surface area (Å²) >= 11 is 5.92. The van der Waals surface area contributed by atoms with E-state index in [2.05, 4.69) is 15.8 Å². The van der Waals surface area contributed by atoms with Crippen LogP contribution in [0.2, 0.25) is 5.02 Å². The van der Waals surface area contributed by atoms with Crippen LogP contribution in [-0.2, 0) is 10.0 Å². The fraction of sp³-hybridized carbons (Fsp3) is 0.190. The Morgan fingerprint density at radius 3 is 2.47 bits per heavy atom. The predicted octanol–water partition coefficient (Wildman–Crippen LogP) is 2.04. The van der Waals surface area contributed by atoms with Gasteiger partial charge in [0.2, 0.25) is 15.5 Å². The van der Waals surface area contributed by atoms with Gasteiger partial charge in [-0.2, -0.15) is 4.31 Å². The lowest BCUT2D eigenvalue weighted by Gasteiger charge is -2.16. The molecule has 2 amide bonds. The lowest BCUT2D eigenvalue weighted by Crippen LogP contribution is -2.43. The molecule has 0 spiro atoms. The Hall–Kier alpha value is -3.21. The molecule has 3 N–H and O–H groups in total. The van der Waals surface area contributed by atoms with Crippen LogP contribution in [0.15, 0.2) is 58.4 Å². The monoisotopic (exact) mass is 474 g/mol. The van der Waals surface area contributed by atoms with Crippen molar-refractivity contribution in [2.24, 2.45) is 0 Å². The highest BCUT2D eigenvalue weighted by Gasteiger charge is 2.27. The number of carbonyl (C=O) groups is 2. The van der Waals surface area contributed by atoms with E-state index in [4.69, 9.17) is 11.6 Å². The molecular weight excluding hydrogens is 456 g/mol. The number of H-pyrrole nitrogens is 1. The number of benzene rings is 2. The summed E-state index contributed by atoms with van der Waals surface area (Å²) in [6.07, 6.45) is 2.83. The first-order valence-corrected chi connectivity index (χ1v) is 11.6. The maximum Gasteiger partial charge on any atom is 0.275 e. The molecule has 2 heterocycles. The van der Waals surface area contributed by atoms with Crippen molar-refractivity contribution in [3.63, 3.8) is 0 Å². The zero-order valence-electron chi connectivity index (χ0n) is 16.7. The van der Waals surface area contributed by atoms with Gasteiger partial charge in [-0.3, -0.25) is 25.2 Å². The Labute approximate surface area is 188 Å². The number of hydrogen-bond donors (Lipinski definition) is 3. The minimum atomic E-state index is -3.69. The van der Waals surface area contributed by atoms with E-state index in [1.54, 1.807) is 12.1 Å². The highest BCUT2D eigenvalue weighted by atomic mass is 35.5. The summed E-state index contributed by atoms with van der Waals surface area (Å²) in [5.74, 6) is -1.56. The first-order valence-electron chi connectivity index (χ1n) is 9.79. The number of carbonyl (C=O) groups excluding carboxylic acids is 2. The largest absolute Gasteiger partial charge is 0.360 e. The van der Waals surface area contributed by atoms with Gasteiger partial charge in [-0.25, -0.2) is 8.42 Å². The number of hydrazine groups is 1. The first-order chi connectivity index (χ1) is 15.3. The molecule has 0 unspecified atom stereocenters. The lowest BCUT2D eigenvalue weighted by atomic mass is 10.1. The lowest BCUT2D eigenvalue weighted by molar-refractivity contribution is 0.0846. The highest BCUT2D eigenvalue weighted by molar-refractivity contribution is 7.89. The van der Waals surface area contributed by atoms with E-state index >= 15 is 0 Å². The average Bonchev–Trinajstić information content (AvgIpc) is 3.34. The number of halogens is 1. The standard InChI is InChI=1S/C21H19ClN4O5S/c22-14-6-7-18-16(11-14)19(27)17(12-23-18)21(29)25-24-20(28)13-4-3-5-15(10-13)32(30,31)26-8-1-2-9-26/h3-7,10-12H,1-2,8-9H2,(H,23,27)(H,24,28)(H,25,29). The smallest absolute Gasteiger partial charge is 0.275 e. The summed E-state index contributed by atoms with van der Waals surface area (Å²) in [7, 11) is -3.69. The summed E-state index contributed by atoms with van der Waals surface area (Å²) in [5.41, 5.74) is 4.18. The molecule has 1 aliphatic heterocycles. The van der Waals surface area contributed by atoms with Crippen molar-refractivity contribution in [1.82, 2.24) is 20.1 Å². The van der Waals surface area contributed by atoms with Crippen molar-refractivity contribution in [2.45, 2.75) is 17.7 Å². The summed E-state index contributed by atoms with van der Waals surface area (Å²) in [5, 5.41) is 0.578. The van der Waals surface area contributed by atoms with E-state index in [1.807, 2.05) is 0 Å². The number of rotatable bonds is 4. The minimum absolute atomic E-state index is 0.00114. The normalized spacial score (nSPS) is 14.4. The van der Waals surface area contributed by atoms with Crippen LogP contribution in [0, 0.1) is 0 Å². The maximum atomic E-state index is 12.7. The summed E-state index contributed by atoms with van der Waals surface area (Å²) in [6, 6.07) is 10.2. The van der Waals surface area contributed by atoms with Crippen LogP contribution >= 0.6 is 11.6 Å². The fourth-order valence-electron chi connectivity index (χ4n) is 3.49. The molecule has 2 aromatic carbocycles. The highest BCUT2D eigenvalue weighted by Crippen LogP contribution is 2.21. The van der Waals surface area contributed by atoms with Crippen molar-refractivity contribution in [1.29, 1.82) is 0 Å². The van der Waals surface area contributed by atoms with Gasteiger partial charge in [-0.1, -0.05) is 17.7 Å². The van der Waals surface area contributed by atoms with Crippen LogP contribution in [0.25, 0.3) is 10.9 Å². The third-order valence-electron chi connectivity index (χ3n) is 5.18. The maximum absolute atomic E-state index is 12.7. The van der Waals surface area contributed by atoms with Crippen molar-refractivity contribution in [3.8, 4) is 0 Å². The van der Waals surface area contributed by atoms with E-state index in [9.17, 15) is 22.8 Å². The van der Waals surface area contributed by atoms with E-state index in [0.29, 0.717) is 23.6 Å². The molecule has 0 saturated carbocycles. The van der Waals surface area contributed by atoms with Gasteiger partial charge in [-0.05, 0) is 49.2 Å². The molecule has 4 rings (SSSR count). The number of aromatic nitrogens is 1. The van der Waals surface area contributed by atoms with Crippen molar-refractivity contribution in [3.05, 3.63) is 75.0 Å². The van der Waals surface area contributed by atoms with Gasteiger partial charge in [0.1, 0.15) is 5.56 Å². The predicted molar refractivity (Wildman–Crippen MR) is 119 cm³/mol. The molecule has 1 fully saturated rings.